The highest BCUT2D eigenvalue weighted by Crippen LogP contribution is 2.25. The lowest BCUT2D eigenvalue weighted by Crippen LogP contribution is -2.30. The lowest BCUT2D eigenvalue weighted by atomic mass is 10.1. The number of hydrogen-bond acceptors (Lipinski definition) is 5. The highest BCUT2D eigenvalue weighted by molar-refractivity contribution is 5.66. The summed E-state index contributed by atoms with van der Waals surface area (Å²) in [6.45, 7) is 5.27. The Morgan fingerprint density at radius 2 is 0.785 bits per heavy atom. The molecule has 1 aliphatic heterocycles. The standard InChI is InChI=1S/C58H97NO6/c60-57(61)44-36-31-27-23-19-15-11-7-3-1-5-9-13-17-21-25-29-33-40-49-64-55-51-54(43-42-48-59-46-38-35-39-47-59)52-56(53-55)65-50-41-34-30-26-22-18-14-10-6-2-4-8-12-16-20-24-28-32-37-45-58(62)63/h1-2,5-8,11-12,51-53H,3-4,9-10,13-50H2,(H,60,61)(H,62,63)/b5-1?,6-2?,11-7-,12-8?. The van der Waals surface area contributed by atoms with Gasteiger partial charge < -0.3 is 24.6 Å². The summed E-state index contributed by atoms with van der Waals surface area (Å²) in [6.07, 6.45) is 60.7. The lowest BCUT2D eigenvalue weighted by molar-refractivity contribution is -0.138. The topological polar surface area (TPSA) is 96.3 Å². The van der Waals surface area contributed by atoms with Gasteiger partial charge in [0.25, 0.3) is 0 Å². The molecule has 7 heteroatoms. The number of allylic oxidation sites excluding steroid dienone is 8. The van der Waals surface area contributed by atoms with Crippen molar-refractivity contribution in [3.05, 3.63) is 72.4 Å². The van der Waals surface area contributed by atoms with Gasteiger partial charge in [-0.2, -0.15) is 0 Å². The second-order valence-corrected chi connectivity index (χ2v) is 18.8. The minimum absolute atomic E-state index is 0.309. The van der Waals surface area contributed by atoms with Gasteiger partial charge in [-0.1, -0.05) is 158 Å². The Morgan fingerprint density at radius 1 is 0.431 bits per heavy atom. The number of benzene rings is 1. The zero-order chi connectivity index (χ0) is 46.4. The number of carboxylic acids is 2. The third kappa shape index (κ3) is 39.6. The van der Waals surface area contributed by atoms with Crippen molar-refractivity contribution >= 4 is 11.9 Å². The van der Waals surface area contributed by atoms with Crippen molar-refractivity contribution in [2.24, 2.45) is 0 Å². The fraction of sp³-hybridized carbons (Fsp3) is 0.724. The fourth-order valence-electron chi connectivity index (χ4n) is 8.66. The Labute approximate surface area is 399 Å². The molecule has 1 aliphatic rings. The van der Waals surface area contributed by atoms with Gasteiger partial charge >= 0.3 is 11.9 Å². The van der Waals surface area contributed by atoms with E-state index >= 15 is 0 Å². The summed E-state index contributed by atoms with van der Waals surface area (Å²) in [4.78, 5) is 23.8. The Hall–Kier alpha value is -3.32. The van der Waals surface area contributed by atoms with E-state index in [0.29, 0.717) is 12.8 Å². The number of carbonyl (C=O) groups is 2. The highest BCUT2D eigenvalue weighted by Gasteiger charge is 2.10. The van der Waals surface area contributed by atoms with Crippen LogP contribution in [0.25, 0.3) is 0 Å². The van der Waals surface area contributed by atoms with Gasteiger partial charge in [0.1, 0.15) is 11.5 Å². The average Bonchev–Trinajstić information content (AvgIpc) is 3.30. The molecule has 0 aliphatic carbocycles. The minimum atomic E-state index is -0.676. The van der Waals surface area contributed by atoms with Crippen LogP contribution in [-0.2, 0) is 16.0 Å². The van der Waals surface area contributed by atoms with E-state index in [9.17, 15) is 9.59 Å². The summed E-state index contributed by atoms with van der Waals surface area (Å²) in [7, 11) is 0. The molecule has 0 spiro atoms. The van der Waals surface area contributed by atoms with Crippen LogP contribution in [0.2, 0.25) is 0 Å². The largest absolute Gasteiger partial charge is 0.493 e. The fourth-order valence-corrected chi connectivity index (χ4v) is 8.66. The zero-order valence-corrected chi connectivity index (χ0v) is 41.5. The summed E-state index contributed by atoms with van der Waals surface area (Å²) in [5, 5.41) is 17.4. The van der Waals surface area contributed by atoms with Crippen LogP contribution < -0.4 is 9.47 Å². The molecule has 0 atom stereocenters. The number of nitrogens with zero attached hydrogens (tertiary/aromatic N) is 1. The van der Waals surface area contributed by atoms with Crippen LogP contribution in [0, 0.1) is 0 Å². The van der Waals surface area contributed by atoms with Crippen LogP contribution in [-0.4, -0.2) is 59.9 Å². The molecule has 1 aromatic carbocycles. The number of unbranched alkanes of at least 4 members (excludes halogenated alkanes) is 24. The first-order valence-corrected chi connectivity index (χ1v) is 27.2. The number of aryl methyl sites for hydroxylation is 1. The van der Waals surface area contributed by atoms with E-state index in [2.05, 4.69) is 71.7 Å². The maximum atomic E-state index is 10.6. The van der Waals surface area contributed by atoms with Gasteiger partial charge in [-0.05, 0) is 153 Å². The van der Waals surface area contributed by atoms with Gasteiger partial charge in [0, 0.05) is 18.9 Å². The van der Waals surface area contributed by atoms with Gasteiger partial charge in [-0.3, -0.25) is 9.59 Å². The van der Waals surface area contributed by atoms with E-state index in [4.69, 9.17) is 19.7 Å². The first-order valence-electron chi connectivity index (χ1n) is 27.2. The van der Waals surface area contributed by atoms with Crippen LogP contribution >= 0.6 is 0 Å². The Morgan fingerprint density at radius 3 is 1.17 bits per heavy atom. The molecule has 1 fully saturated rings. The molecule has 1 saturated heterocycles. The van der Waals surface area contributed by atoms with E-state index in [1.54, 1.807) is 0 Å². The molecule has 0 aromatic heterocycles. The lowest BCUT2D eigenvalue weighted by Gasteiger charge is -2.26. The number of hydrogen-bond donors (Lipinski definition) is 2. The van der Waals surface area contributed by atoms with E-state index in [-0.39, 0.29) is 0 Å². The average molecular weight is 904 g/mol. The molecule has 7 nitrogen and oxygen atoms in total. The van der Waals surface area contributed by atoms with Crippen molar-refractivity contribution in [2.75, 3.05) is 32.8 Å². The smallest absolute Gasteiger partial charge is 0.303 e. The highest BCUT2D eigenvalue weighted by atomic mass is 16.5. The van der Waals surface area contributed by atoms with Gasteiger partial charge in [0.2, 0.25) is 0 Å². The molecule has 2 rings (SSSR count). The molecule has 0 radical (unpaired) electrons. The molecule has 1 aromatic rings. The molecule has 0 bridgehead atoms. The quantitative estimate of drug-likeness (QED) is 0.0497. The van der Waals surface area contributed by atoms with E-state index in [1.165, 1.54) is 166 Å². The molecule has 370 valence electrons. The van der Waals surface area contributed by atoms with Gasteiger partial charge in [0.05, 0.1) is 13.2 Å². The van der Waals surface area contributed by atoms with E-state index in [1.807, 2.05) is 0 Å². The van der Waals surface area contributed by atoms with Crippen molar-refractivity contribution in [3.63, 3.8) is 0 Å². The molecule has 1 heterocycles. The van der Waals surface area contributed by atoms with Crippen molar-refractivity contribution in [1.82, 2.24) is 4.90 Å². The second kappa shape index (κ2) is 44.5. The van der Waals surface area contributed by atoms with Crippen molar-refractivity contribution in [2.45, 2.75) is 238 Å². The summed E-state index contributed by atoms with van der Waals surface area (Å²) in [6, 6.07) is 6.65. The number of ether oxygens (including phenoxy) is 2. The molecule has 65 heavy (non-hydrogen) atoms. The van der Waals surface area contributed by atoms with E-state index in [0.717, 1.165) is 108 Å². The Bertz CT molecular complexity index is 1290. The van der Waals surface area contributed by atoms with Crippen LogP contribution in [0.15, 0.2) is 66.8 Å². The maximum Gasteiger partial charge on any atom is 0.303 e. The SMILES string of the molecule is O=C(O)CCCCCCCC=CCC=CCCCCCCCCCOc1cc(CCCN2CCCCC2)cc(OCCCCCCCCCC=CC/C=C\CCCCCCCC(=O)O)c1. The Kier molecular flexibility index (Phi) is 39.6. The number of aliphatic carboxylic acids is 2. The van der Waals surface area contributed by atoms with Crippen LogP contribution in [0.4, 0.5) is 0 Å². The zero-order valence-electron chi connectivity index (χ0n) is 41.5. The summed E-state index contributed by atoms with van der Waals surface area (Å²) < 4.78 is 12.7. The van der Waals surface area contributed by atoms with Crippen molar-refractivity contribution in [1.29, 1.82) is 0 Å². The summed E-state index contributed by atoms with van der Waals surface area (Å²) in [5.74, 6) is 0.595. The van der Waals surface area contributed by atoms with Gasteiger partial charge in [-0.15, -0.1) is 0 Å². The van der Waals surface area contributed by atoms with Crippen molar-refractivity contribution < 1.29 is 29.3 Å². The molecule has 2 N–H and O–H groups in total. The van der Waals surface area contributed by atoms with Crippen LogP contribution in [0.3, 0.4) is 0 Å². The summed E-state index contributed by atoms with van der Waals surface area (Å²) in [5.41, 5.74) is 1.34. The first kappa shape index (κ1) is 57.8. The molecule has 0 saturated carbocycles. The Balaban J connectivity index is 1.50. The number of piperidine rings is 1. The van der Waals surface area contributed by atoms with Crippen LogP contribution in [0.1, 0.15) is 237 Å². The molecular weight excluding hydrogens is 807 g/mol. The molecule has 0 amide bonds. The van der Waals surface area contributed by atoms with Crippen molar-refractivity contribution in [3.8, 4) is 11.5 Å². The van der Waals surface area contributed by atoms with Gasteiger partial charge in [-0.25, -0.2) is 0 Å². The maximum absolute atomic E-state index is 10.6. The number of rotatable bonds is 46. The monoisotopic (exact) mass is 904 g/mol. The van der Waals surface area contributed by atoms with Gasteiger partial charge in [0.15, 0.2) is 0 Å². The number of carboxylic acid groups (broad SMARTS) is 2. The number of likely N-dealkylation sites (tertiary alicyclic amines) is 1. The molecular formula is C58H97NO6. The predicted octanol–water partition coefficient (Wildman–Crippen LogP) is 16.7. The molecule has 0 unspecified atom stereocenters. The second-order valence-electron chi connectivity index (χ2n) is 18.8. The van der Waals surface area contributed by atoms with Crippen LogP contribution in [0.5, 0.6) is 11.5 Å². The minimum Gasteiger partial charge on any atom is -0.493 e. The first-order chi connectivity index (χ1) is 32.0. The predicted molar refractivity (Wildman–Crippen MR) is 276 cm³/mol. The third-order valence-corrected chi connectivity index (χ3v) is 12.6. The van der Waals surface area contributed by atoms with E-state index < -0.39 is 11.9 Å². The normalized spacial score (nSPS) is 13.6. The third-order valence-electron chi connectivity index (χ3n) is 12.6. The summed E-state index contributed by atoms with van der Waals surface area (Å²) >= 11 is 0.